The number of nitrogens with two attached hydrogens (primary N) is 1. The van der Waals surface area contributed by atoms with Crippen LogP contribution in [0, 0.1) is 12.8 Å². The van der Waals surface area contributed by atoms with E-state index in [0.717, 1.165) is 21.6 Å². The number of carbonyl (C=O) groups is 1. The summed E-state index contributed by atoms with van der Waals surface area (Å²) in [5.41, 5.74) is 7.71. The second kappa shape index (κ2) is 9.42. The van der Waals surface area contributed by atoms with Crippen LogP contribution in [0.2, 0.25) is 0 Å². The highest BCUT2D eigenvalue weighted by Crippen LogP contribution is 2.23. The lowest BCUT2D eigenvalue weighted by molar-refractivity contribution is 0.0789. The number of carbonyl (C=O) groups excluding carboxylic acids is 1. The molecule has 2 rings (SSSR count). The van der Waals surface area contributed by atoms with Gasteiger partial charge in [-0.25, -0.2) is 4.98 Å². The largest absolute Gasteiger partial charge is 0.342 e. The molecule has 0 saturated heterocycles. The van der Waals surface area contributed by atoms with Gasteiger partial charge in [-0.15, -0.1) is 36.2 Å². The van der Waals surface area contributed by atoms with Gasteiger partial charge in [-0.2, -0.15) is 0 Å². The van der Waals surface area contributed by atoms with Crippen molar-refractivity contribution in [3.8, 4) is 0 Å². The van der Waals surface area contributed by atoms with E-state index in [0.29, 0.717) is 18.0 Å². The van der Waals surface area contributed by atoms with Crippen LogP contribution in [0.4, 0.5) is 0 Å². The van der Waals surface area contributed by atoms with Gasteiger partial charge in [-0.05, 0) is 37.5 Å². The van der Waals surface area contributed by atoms with Crippen LogP contribution in [0.1, 0.15) is 35.6 Å². The standard InChI is InChI=1S/C16H23N3OS.2ClH/c1-10(2)13(17)7-8-19(4)16(20)12-5-6-14-15(9-12)21-11(3)18-14;;/h5-6,9-10,13H,7-8,17H2,1-4H3;2*1H/t13-;;/m0../s1. The van der Waals surface area contributed by atoms with E-state index in [4.69, 9.17) is 5.73 Å². The van der Waals surface area contributed by atoms with Gasteiger partial charge in [-0.1, -0.05) is 13.8 Å². The molecule has 1 aromatic carbocycles. The van der Waals surface area contributed by atoms with Crippen LogP contribution in [0.3, 0.4) is 0 Å². The van der Waals surface area contributed by atoms with Crippen molar-refractivity contribution in [2.24, 2.45) is 11.7 Å². The van der Waals surface area contributed by atoms with Crippen molar-refractivity contribution in [1.29, 1.82) is 0 Å². The van der Waals surface area contributed by atoms with Crippen LogP contribution in [0.25, 0.3) is 10.2 Å². The summed E-state index contributed by atoms with van der Waals surface area (Å²) in [7, 11) is 1.83. The summed E-state index contributed by atoms with van der Waals surface area (Å²) >= 11 is 1.62. The van der Waals surface area contributed by atoms with Crippen molar-refractivity contribution in [2.45, 2.75) is 33.2 Å². The third kappa shape index (κ3) is 5.60. The summed E-state index contributed by atoms with van der Waals surface area (Å²) in [6.07, 6.45) is 0.821. The van der Waals surface area contributed by atoms with Crippen molar-refractivity contribution in [3.05, 3.63) is 28.8 Å². The number of nitrogens with zero attached hydrogens (tertiary/aromatic N) is 2. The maximum atomic E-state index is 12.4. The Bertz CT molecular complexity index is 645. The molecule has 23 heavy (non-hydrogen) atoms. The number of halogens is 2. The molecule has 1 heterocycles. The van der Waals surface area contributed by atoms with E-state index in [1.54, 1.807) is 16.2 Å². The first-order valence-corrected chi connectivity index (χ1v) is 8.08. The Hall–Kier alpha value is -0.880. The van der Waals surface area contributed by atoms with Gasteiger partial charge in [-0.3, -0.25) is 4.79 Å². The van der Waals surface area contributed by atoms with Crippen molar-refractivity contribution in [2.75, 3.05) is 13.6 Å². The molecule has 130 valence electrons. The number of aryl methyl sites for hydroxylation is 1. The minimum atomic E-state index is 0. The molecule has 0 bridgehead atoms. The quantitative estimate of drug-likeness (QED) is 0.859. The maximum absolute atomic E-state index is 12.4. The molecule has 7 heteroatoms. The van der Waals surface area contributed by atoms with E-state index in [1.165, 1.54) is 0 Å². The fourth-order valence-electron chi connectivity index (χ4n) is 2.17. The highest BCUT2D eigenvalue weighted by atomic mass is 35.5. The van der Waals surface area contributed by atoms with Gasteiger partial charge in [0.2, 0.25) is 0 Å². The molecular formula is C16H25Cl2N3OS. The lowest BCUT2D eigenvalue weighted by Gasteiger charge is -2.21. The Labute approximate surface area is 154 Å². The van der Waals surface area contributed by atoms with Crippen LogP contribution < -0.4 is 5.73 Å². The molecule has 1 aromatic heterocycles. The van der Waals surface area contributed by atoms with E-state index < -0.39 is 0 Å². The molecule has 2 N–H and O–H groups in total. The molecule has 0 aliphatic rings. The van der Waals surface area contributed by atoms with E-state index >= 15 is 0 Å². The first kappa shape index (κ1) is 22.1. The molecule has 1 amide bonds. The third-order valence-corrected chi connectivity index (χ3v) is 4.68. The van der Waals surface area contributed by atoms with Crippen LogP contribution in [-0.2, 0) is 0 Å². The molecule has 2 aromatic rings. The van der Waals surface area contributed by atoms with Crippen molar-refractivity contribution < 1.29 is 4.79 Å². The molecule has 0 fully saturated rings. The maximum Gasteiger partial charge on any atom is 0.253 e. The minimum Gasteiger partial charge on any atom is -0.342 e. The van der Waals surface area contributed by atoms with Gasteiger partial charge in [0.1, 0.15) is 0 Å². The zero-order valence-corrected chi connectivity index (χ0v) is 16.4. The second-order valence-electron chi connectivity index (χ2n) is 5.84. The summed E-state index contributed by atoms with van der Waals surface area (Å²) < 4.78 is 1.06. The lowest BCUT2D eigenvalue weighted by Crippen LogP contribution is -2.34. The van der Waals surface area contributed by atoms with Crippen molar-refractivity contribution in [1.82, 2.24) is 9.88 Å². The molecule has 0 aliphatic carbocycles. The van der Waals surface area contributed by atoms with Crippen LogP contribution >= 0.6 is 36.2 Å². The molecule has 4 nitrogen and oxygen atoms in total. The summed E-state index contributed by atoms with van der Waals surface area (Å²) in [4.78, 5) is 18.6. The van der Waals surface area contributed by atoms with E-state index in [2.05, 4.69) is 18.8 Å². The van der Waals surface area contributed by atoms with Gasteiger partial charge in [0.15, 0.2) is 0 Å². The third-order valence-electron chi connectivity index (χ3n) is 3.74. The van der Waals surface area contributed by atoms with Crippen LogP contribution in [0.15, 0.2) is 18.2 Å². The van der Waals surface area contributed by atoms with Gasteiger partial charge in [0.05, 0.1) is 15.2 Å². The SMILES string of the molecule is Cc1nc2ccc(C(=O)N(C)CC[C@H](N)C(C)C)cc2s1.Cl.Cl. The molecular weight excluding hydrogens is 353 g/mol. The van der Waals surface area contributed by atoms with E-state index in [-0.39, 0.29) is 36.8 Å². The van der Waals surface area contributed by atoms with Crippen molar-refractivity contribution >= 4 is 52.3 Å². The summed E-state index contributed by atoms with van der Waals surface area (Å²) in [6, 6.07) is 5.83. The Balaban J connectivity index is 0.00000242. The molecule has 0 radical (unpaired) electrons. The number of hydrogen-bond acceptors (Lipinski definition) is 4. The lowest BCUT2D eigenvalue weighted by atomic mass is 10.0. The van der Waals surface area contributed by atoms with Crippen LogP contribution in [0.5, 0.6) is 0 Å². The number of aromatic nitrogens is 1. The normalized spacial score (nSPS) is 11.7. The van der Waals surface area contributed by atoms with E-state index in [1.807, 2.05) is 32.2 Å². The van der Waals surface area contributed by atoms with Gasteiger partial charge >= 0.3 is 0 Å². The molecule has 0 unspecified atom stereocenters. The Morgan fingerprint density at radius 3 is 2.61 bits per heavy atom. The summed E-state index contributed by atoms with van der Waals surface area (Å²) in [5.74, 6) is 0.476. The van der Waals surface area contributed by atoms with Gasteiger partial charge in [0.25, 0.3) is 5.91 Å². The number of benzene rings is 1. The molecule has 0 spiro atoms. The number of fused-ring (bicyclic) bond motifs is 1. The summed E-state index contributed by atoms with van der Waals surface area (Å²) in [5, 5.41) is 1.02. The monoisotopic (exact) mass is 377 g/mol. The average molecular weight is 378 g/mol. The first-order valence-electron chi connectivity index (χ1n) is 7.26. The highest BCUT2D eigenvalue weighted by molar-refractivity contribution is 7.18. The van der Waals surface area contributed by atoms with E-state index in [9.17, 15) is 4.79 Å². The van der Waals surface area contributed by atoms with Crippen LogP contribution in [-0.4, -0.2) is 35.4 Å². The number of hydrogen-bond donors (Lipinski definition) is 1. The van der Waals surface area contributed by atoms with Gasteiger partial charge in [0, 0.05) is 25.2 Å². The predicted octanol–water partition coefficient (Wildman–Crippen LogP) is 3.89. The fraction of sp³-hybridized carbons (Fsp3) is 0.500. The average Bonchev–Trinajstić information content (AvgIpc) is 2.82. The Kier molecular flexibility index (Phi) is 9.06. The fourth-order valence-corrected chi connectivity index (χ4v) is 3.04. The smallest absolute Gasteiger partial charge is 0.253 e. The predicted molar refractivity (Wildman–Crippen MR) is 103 cm³/mol. The highest BCUT2D eigenvalue weighted by Gasteiger charge is 2.15. The Morgan fingerprint density at radius 1 is 1.35 bits per heavy atom. The second-order valence-corrected chi connectivity index (χ2v) is 7.07. The zero-order valence-electron chi connectivity index (χ0n) is 13.9. The Morgan fingerprint density at radius 2 is 2.00 bits per heavy atom. The minimum absolute atomic E-state index is 0. The molecule has 1 atom stereocenters. The number of rotatable bonds is 5. The number of amides is 1. The number of thiazole rings is 1. The molecule has 0 saturated carbocycles. The summed E-state index contributed by atoms with van der Waals surface area (Å²) in [6.45, 7) is 6.86. The first-order chi connectivity index (χ1) is 9.88. The van der Waals surface area contributed by atoms with Gasteiger partial charge < -0.3 is 10.6 Å². The molecule has 0 aliphatic heterocycles. The zero-order chi connectivity index (χ0) is 15.6. The van der Waals surface area contributed by atoms with Crippen molar-refractivity contribution in [3.63, 3.8) is 0 Å². The topological polar surface area (TPSA) is 59.2 Å².